The Bertz CT molecular complexity index is 644. The molecule has 2 fully saturated rings. The number of carbonyl (C=O) groups is 2. The normalized spacial score (nSPS) is 19.3. The Kier molecular flexibility index (Phi) is 6.90. The Morgan fingerprint density at radius 1 is 1.19 bits per heavy atom. The number of aryl methyl sites for hydroxylation is 2. The predicted octanol–water partition coefficient (Wildman–Crippen LogP) is 1.32. The van der Waals surface area contributed by atoms with Crippen molar-refractivity contribution in [3.05, 3.63) is 23.0 Å². The number of hydrogen-bond donors (Lipinski definition) is 2. The topological polar surface area (TPSA) is 77.7 Å². The molecule has 2 amide bonds. The van der Waals surface area contributed by atoms with Gasteiger partial charge in [0.1, 0.15) is 5.69 Å². The smallest absolute Gasteiger partial charge is 0.270 e. The molecule has 1 aromatic rings. The number of morpholine rings is 1. The van der Waals surface area contributed by atoms with Crippen LogP contribution in [0.5, 0.6) is 0 Å². The van der Waals surface area contributed by atoms with E-state index in [0.29, 0.717) is 24.6 Å². The monoisotopic (exact) mass is 376 g/mol. The lowest BCUT2D eigenvalue weighted by Gasteiger charge is -2.32. The van der Waals surface area contributed by atoms with E-state index < -0.39 is 0 Å². The van der Waals surface area contributed by atoms with E-state index in [0.717, 1.165) is 70.0 Å². The van der Waals surface area contributed by atoms with Gasteiger partial charge < -0.3 is 19.9 Å². The minimum absolute atomic E-state index is 0.0778. The van der Waals surface area contributed by atoms with Gasteiger partial charge in [-0.3, -0.25) is 14.5 Å². The molecule has 2 saturated heterocycles. The second kappa shape index (κ2) is 9.37. The van der Waals surface area contributed by atoms with Gasteiger partial charge >= 0.3 is 0 Å². The van der Waals surface area contributed by atoms with Gasteiger partial charge in [-0.2, -0.15) is 0 Å². The molecule has 2 aliphatic rings. The number of H-pyrrole nitrogens is 1. The molecule has 150 valence electrons. The van der Waals surface area contributed by atoms with Gasteiger partial charge in [0.05, 0.1) is 13.2 Å². The minimum Gasteiger partial charge on any atom is -0.379 e. The Labute approximate surface area is 161 Å². The Morgan fingerprint density at radius 2 is 1.89 bits per heavy atom. The number of aromatic nitrogens is 1. The molecular weight excluding hydrogens is 344 g/mol. The maximum Gasteiger partial charge on any atom is 0.270 e. The van der Waals surface area contributed by atoms with E-state index in [9.17, 15) is 9.59 Å². The van der Waals surface area contributed by atoms with Gasteiger partial charge in [0.2, 0.25) is 5.91 Å². The summed E-state index contributed by atoms with van der Waals surface area (Å²) in [4.78, 5) is 32.2. The highest BCUT2D eigenvalue weighted by molar-refractivity contribution is 5.94. The maximum absolute atomic E-state index is 12.7. The average Bonchev–Trinajstić information content (AvgIpc) is 3.01. The highest BCUT2D eigenvalue weighted by atomic mass is 16.5. The highest BCUT2D eigenvalue weighted by Gasteiger charge is 2.26. The van der Waals surface area contributed by atoms with Crippen LogP contribution in [0, 0.1) is 19.8 Å². The summed E-state index contributed by atoms with van der Waals surface area (Å²) in [6.45, 7) is 10.4. The molecule has 1 aromatic heterocycles. The molecule has 3 heterocycles. The van der Waals surface area contributed by atoms with E-state index >= 15 is 0 Å². The van der Waals surface area contributed by atoms with E-state index in [1.165, 1.54) is 0 Å². The summed E-state index contributed by atoms with van der Waals surface area (Å²) in [5.41, 5.74) is 2.71. The molecular formula is C20H32N4O3. The lowest BCUT2D eigenvalue weighted by molar-refractivity contribution is -0.122. The number of nitrogens with one attached hydrogen (secondary N) is 2. The van der Waals surface area contributed by atoms with Gasteiger partial charge in [0, 0.05) is 51.4 Å². The molecule has 0 radical (unpaired) electrons. The molecule has 2 N–H and O–H groups in total. The Hall–Kier alpha value is -1.86. The van der Waals surface area contributed by atoms with Crippen LogP contribution in [-0.2, 0) is 9.53 Å². The molecule has 0 bridgehead atoms. The fourth-order valence-electron chi connectivity index (χ4n) is 3.96. The molecule has 0 saturated carbocycles. The standard InChI is InChI=1S/C20H32N4O3/c1-15-13-16(2)22-19(15)20(26)24-6-3-17(4-7-24)14-18(25)21-5-8-23-9-11-27-12-10-23/h13,17,22H,3-12,14H2,1-2H3,(H,21,25). The number of ether oxygens (including phenoxy) is 1. The molecule has 2 aliphatic heterocycles. The van der Waals surface area contributed by atoms with Crippen molar-refractivity contribution in [2.45, 2.75) is 33.1 Å². The first-order valence-electron chi connectivity index (χ1n) is 10.0. The zero-order valence-electron chi connectivity index (χ0n) is 16.6. The minimum atomic E-state index is 0.0778. The van der Waals surface area contributed by atoms with Crippen LogP contribution in [0.1, 0.15) is 41.0 Å². The molecule has 0 aromatic carbocycles. The second-order valence-electron chi connectivity index (χ2n) is 7.75. The summed E-state index contributed by atoms with van der Waals surface area (Å²) < 4.78 is 5.33. The number of aromatic amines is 1. The SMILES string of the molecule is Cc1cc(C)c(C(=O)N2CCC(CC(=O)NCCN3CCOCC3)CC2)[nH]1. The lowest BCUT2D eigenvalue weighted by Crippen LogP contribution is -2.42. The van der Waals surface area contributed by atoms with Gasteiger partial charge in [-0.15, -0.1) is 0 Å². The Morgan fingerprint density at radius 3 is 2.52 bits per heavy atom. The molecule has 0 atom stereocenters. The van der Waals surface area contributed by atoms with Crippen LogP contribution < -0.4 is 5.32 Å². The van der Waals surface area contributed by atoms with E-state index in [1.54, 1.807) is 0 Å². The summed E-state index contributed by atoms with van der Waals surface area (Å²) in [6.07, 6.45) is 2.34. The zero-order chi connectivity index (χ0) is 19.2. The first kappa shape index (κ1) is 19.9. The third kappa shape index (κ3) is 5.56. The van der Waals surface area contributed by atoms with Crippen molar-refractivity contribution in [2.75, 3.05) is 52.5 Å². The van der Waals surface area contributed by atoms with Gasteiger partial charge in [-0.25, -0.2) is 0 Å². The molecule has 0 unspecified atom stereocenters. The lowest BCUT2D eigenvalue weighted by atomic mass is 9.93. The maximum atomic E-state index is 12.7. The van der Waals surface area contributed by atoms with Crippen molar-refractivity contribution in [3.63, 3.8) is 0 Å². The van der Waals surface area contributed by atoms with Gasteiger partial charge in [0.25, 0.3) is 5.91 Å². The fourth-order valence-corrected chi connectivity index (χ4v) is 3.96. The molecule has 7 nitrogen and oxygen atoms in total. The van der Waals surface area contributed by atoms with Crippen molar-refractivity contribution in [1.29, 1.82) is 0 Å². The second-order valence-corrected chi connectivity index (χ2v) is 7.75. The van der Waals surface area contributed by atoms with Crippen LogP contribution in [-0.4, -0.2) is 79.1 Å². The van der Waals surface area contributed by atoms with Crippen molar-refractivity contribution < 1.29 is 14.3 Å². The van der Waals surface area contributed by atoms with Gasteiger partial charge in [-0.05, 0) is 44.2 Å². The quantitative estimate of drug-likeness (QED) is 0.785. The number of piperidine rings is 1. The first-order chi connectivity index (χ1) is 13.0. The number of rotatable bonds is 6. The van der Waals surface area contributed by atoms with Crippen LogP contribution in [0.4, 0.5) is 0 Å². The van der Waals surface area contributed by atoms with Crippen LogP contribution in [0.2, 0.25) is 0 Å². The van der Waals surface area contributed by atoms with E-state index in [4.69, 9.17) is 4.74 Å². The van der Waals surface area contributed by atoms with Crippen molar-refractivity contribution in [1.82, 2.24) is 20.1 Å². The van der Waals surface area contributed by atoms with Gasteiger partial charge in [0.15, 0.2) is 0 Å². The summed E-state index contributed by atoms with van der Waals surface area (Å²) in [5.74, 6) is 0.571. The summed E-state index contributed by atoms with van der Waals surface area (Å²) >= 11 is 0. The molecule has 0 spiro atoms. The number of hydrogen-bond acceptors (Lipinski definition) is 4. The largest absolute Gasteiger partial charge is 0.379 e. The molecule has 7 heteroatoms. The predicted molar refractivity (Wildman–Crippen MR) is 104 cm³/mol. The van der Waals surface area contributed by atoms with E-state index in [2.05, 4.69) is 15.2 Å². The number of carbonyl (C=O) groups excluding carboxylic acids is 2. The number of nitrogens with zero attached hydrogens (tertiary/aromatic N) is 2. The zero-order valence-corrected chi connectivity index (χ0v) is 16.6. The molecule has 27 heavy (non-hydrogen) atoms. The average molecular weight is 377 g/mol. The van der Waals surface area contributed by atoms with Crippen molar-refractivity contribution >= 4 is 11.8 Å². The fraction of sp³-hybridized carbons (Fsp3) is 0.700. The van der Waals surface area contributed by atoms with Crippen LogP contribution in [0.25, 0.3) is 0 Å². The summed E-state index contributed by atoms with van der Waals surface area (Å²) in [7, 11) is 0. The third-order valence-corrected chi connectivity index (χ3v) is 5.59. The molecule has 3 rings (SSSR count). The third-order valence-electron chi connectivity index (χ3n) is 5.59. The summed E-state index contributed by atoms with van der Waals surface area (Å²) in [5, 5.41) is 3.04. The van der Waals surface area contributed by atoms with Crippen LogP contribution in [0.15, 0.2) is 6.07 Å². The number of likely N-dealkylation sites (tertiary alicyclic amines) is 1. The first-order valence-corrected chi connectivity index (χ1v) is 10.0. The molecule has 0 aliphatic carbocycles. The van der Waals surface area contributed by atoms with Crippen molar-refractivity contribution in [2.24, 2.45) is 5.92 Å². The van der Waals surface area contributed by atoms with Crippen LogP contribution >= 0.6 is 0 Å². The number of amides is 2. The van der Waals surface area contributed by atoms with Crippen molar-refractivity contribution in [3.8, 4) is 0 Å². The van der Waals surface area contributed by atoms with Gasteiger partial charge in [-0.1, -0.05) is 0 Å². The van der Waals surface area contributed by atoms with E-state index in [1.807, 2.05) is 24.8 Å². The Balaban J connectivity index is 1.35. The van der Waals surface area contributed by atoms with Crippen LogP contribution in [0.3, 0.4) is 0 Å². The summed E-state index contributed by atoms with van der Waals surface area (Å²) in [6, 6.07) is 2.00. The van der Waals surface area contributed by atoms with E-state index in [-0.39, 0.29) is 11.8 Å². The highest BCUT2D eigenvalue weighted by Crippen LogP contribution is 2.22.